The number of fused-ring (bicyclic) bond motifs is 1. The van der Waals surface area contributed by atoms with Crippen molar-refractivity contribution in [2.24, 2.45) is 5.10 Å². The van der Waals surface area contributed by atoms with E-state index in [4.69, 9.17) is 4.74 Å². The summed E-state index contributed by atoms with van der Waals surface area (Å²) >= 11 is 0. The lowest BCUT2D eigenvalue weighted by Gasteiger charge is -2.08. The second kappa shape index (κ2) is 11.2. The van der Waals surface area contributed by atoms with Crippen molar-refractivity contribution in [2.75, 3.05) is 12.9 Å². The Labute approximate surface area is 232 Å². The highest BCUT2D eigenvalue weighted by atomic mass is 32.2. The van der Waals surface area contributed by atoms with E-state index in [0.717, 1.165) is 11.8 Å². The van der Waals surface area contributed by atoms with Crippen molar-refractivity contribution in [1.29, 1.82) is 0 Å². The van der Waals surface area contributed by atoms with Crippen molar-refractivity contribution in [3.63, 3.8) is 0 Å². The van der Waals surface area contributed by atoms with Gasteiger partial charge in [0.05, 0.1) is 28.5 Å². The molecular formula is C28H28FN3O6S2. The number of rotatable bonds is 9. The van der Waals surface area contributed by atoms with Gasteiger partial charge in [-0.25, -0.2) is 17.6 Å². The van der Waals surface area contributed by atoms with E-state index in [0.29, 0.717) is 33.3 Å². The Kier molecular flexibility index (Phi) is 8.13. The highest BCUT2D eigenvalue weighted by Gasteiger charge is 2.23. The zero-order valence-electron chi connectivity index (χ0n) is 22.3. The van der Waals surface area contributed by atoms with Crippen LogP contribution in [0.15, 0.2) is 70.7 Å². The van der Waals surface area contributed by atoms with Gasteiger partial charge < -0.3 is 9.72 Å². The van der Waals surface area contributed by atoms with Crippen LogP contribution in [0.2, 0.25) is 0 Å². The molecule has 0 aliphatic rings. The summed E-state index contributed by atoms with van der Waals surface area (Å²) in [6.07, 6.45) is 1.02. The molecular weight excluding hydrogens is 557 g/mol. The van der Waals surface area contributed by atoms with Crippen LogP contribution in [0.1, 0.15) is 41.0 Å². The van der Waals surface area contributed by atoms with E-state index in [1.54, 1.807) is 44.2 Å². The van der Waals surface area contributed by atoms with Gasteiger partial charge in [-0.2, -0.15) is 18.4 Å². The molecule has 3 aromatic carbocycles. The predicted octanol–water partition coefficient (Wildman–Crippen LogP) is 4.71. The third-order valence-electron chi connectivity index (χ3n) is 6.13. The van der Waals surface area contributed by atoms with Crippen LogP contribution in [0.5, 0.6) is 0 Å². The summed E-state index contributed by atoms with van der Waals surface area (Å²) in [5.74, 6) is -1.86. The van der Waals surface area contributed by atoms with Gasteiger partial charge in [0, 0.05) is 28.3 Å². The number of H-pyrrole nitrogens is 1. The summed E-state index contributed by atoms with van der Waals surface area (Å²) in [5, 5.41) is 4.63. The fourth-order valence-corrected chi connectivity index (χ4v) is 5.89. The number of esters is 1. The van der Waals surface area contributed by atoms with Crippen LogP contribution in [0.3, 0.4) is 0 Å². The first-order valence-corrected chi connectivity index (χ1v) is 15.8. The van der Waals surface area contributed by atoms with Crippen molar-refractivity contribution in [2.45, 2.75) is 31.4 Å². The van der Waals surface area contributed by atoms with Crippen LogP contribution in [-0.2, 0) is 30.4 Å². The molecule has 4 rings (SSSR count). The van der Waals surface area contributed by atoms with Crippen molar-refractivity contribution in [3.8, 4) is 11.1 Å². The Morgan fingerprint density at radius 3 is 2.38 bits per heavy atom. The molecule has 9 nitrogen and oxygen atoms in total. The van der Waals surface area contributed by atoms with E-state index in [1.165, 1.54) is 30.3 Å². The Morgan fingerprint density at radius 2 is 1.75 bits per heavy atom. The molecule has 0 fully saturated rings. The summed E-state index contributed by atoms with van der Waals surface area (Å²) in [4.78, 5) is 18.3. The molecule has 0 aliphatic carbocycles. The smallest absolute Gasteiger partial charge is 0.355 e. The number of sulfone groups is 1. The molecule has 1 heterocycles. The summed E-state index contributed by atoms with van der Waals surface area (Å²) in [6, 6.07) is 15.5. The van der Waals surface area contributed by atoms with Crippen LogP contribution in [0.25, 0.3) is 22.0 Å². The van der Waals surface area contributed by atoms with Gasteiger partial charge in [0.1, 0.15) is 11.5 Å². The van der Waals surface area contributed by atoms with Gasteiger partial charge in [0.15, 0.2) is 9.84 Å². The van der Waals surface area contributed by atoms with Gasteiger partial charge in [-0.3, -0.25) is 0 Å². The number of carbonyl (C=O) groups is 1. The minimum Gasteiger partial charge on any atom is -0.461 e. The van der Waals surface area contributed by atoms with Crippen molar-refractivity contribution in [1.82, 2.24) is 9.82 Å². The van der Waals surface area contributed by atoms with Crippen LogP contribution in [0, 0.1) is 12.7 Å². The molecule has 4 aromatic rings. The zero-order chi connectivity index (χ0) is 29.2. The maximum atomic E-state index is 15.0. The number of halogens is 1. The number of aromatic amines is 1. The molecule has 210 valence electrons. The first-order chi connectivity index (χ1) is 18.8. The number of benzene rings is 3. The average molecular weight is 586 g/mol. The number of nitrogens with one attached hydrogen (secondary N) is 2. The van der Waals surface area contributed by atoms with Crippen LogP contribution >= 0.6 is 0 Å². The largest absolute Gasteiger partial charge is 0.461 e. The lowest BCUT2D eigenvalue weighted by Crippen LogP contribution is -2.20. The number of sulfonamides is 1. The molecule has 0 aliphatic heterocycles. The summed E-state index contributed by atoms with van der Waals surface area (Å²) in [6.45, 7) is 5.21. The Morgan fingerprint density at radius 1 is 1.05 bits per heavy atom. The minimum atomic E-state index is -3.93. The van der Waals surface area contributed by atoms with Gasteiger partial charge in [0.25, 0.3) is 10.0 Å². The highest BCUT2D eigenvalue weighted by molar-refractivity contribution is 7.90. The number of hydrazone groups is 1. The molecule has 0 radical (unpaired) electrons. The second-order valence-corrected chi connectivity index (χ2v) is 13.1. The van der Waals surface area contributed by atoms with E-state index >= 15 is 0 Å². The topological polar surface area (TPSA) is 135 Å². The zero-order valence-corrected chi connectivity index (χ0v) is 23.9. The van der Waals surface area contributed by atoms with Crippen LogP contribution < -0.4 is 4.83 Å². The van der Waals surface area contributed by atoms with E-state index in [2.05, 4.69) is 14.9 Å². The predicted molar refractivity (Wildman–Crippen MR) is 152 cm³/mol. The Balaban J connectivity index is 1.81. The lowest BCUT2D eigenvalue weighted by atomic mass is 9.98. The average Bonchev–Trinajstić information content (AvgIpc) is 3.28. The highest BCUT2D eigenvalue weighted by Crippen LogP contribution is 2.35. The minimum absolute atomic E-state index is 0.00769. The molecule has 12 heteroatoms. The number of nitrogens with zero attached hydrogens (tertiary/aromatic N) is 1. The number of hydrogen-bond donors (Lipinski definition) is 2. The van der Waals surface area contributed by atoms with Gasteiger partial charge >= 0.3 is 5.97 Å². The standard InChI is InChI=1S/C28H28FN3O6S2/c1-5-38-28(33)27-25(19-11-12-20(24(29)15-19)16-39(4,34)35)23-8-6-7-22(26(23)30-27)18(3)31-32-40(36,37)21-13-9-17(2)10-14-21/h6-15,30,32H,5,16H2,1-4H3. The number of hydrogen-bond acceptors (Lipinski definition) is 7. The monoisotopic (exact) mass is 585 g/mol. The summed E-state index contributed by atoms with van der Waals surface area (Å²) in [5.41, 5.74) is 2.92. The number of para-hydroxylation sites is 1. The first-order valence-electron chi connectivity index (χ1n) is 12.2. The van der Waals surface area contributed by atoms with E-state index in [1.807, 2.05) is 6.92 Å². The molecule has 0 spiro atoms. The first kappa shape index (κ1) is 29.0. The van der Waals surface area contributed by atoms with Crippen molar-refractivity contribution < 1.29 is 30.8 Å². The Bertz CT molecular complexity index is 1840. The van der Waals surface area contributed by atoms with Crippen LogP contribution in [-0.4, -0.2) is 46.4 Å². The van der Waals surface area contributed by atoms with E-state index < -0.39 is 37.4 Å². The van der Waals surface area contributed by atoms with Crippen molar-refractivity contribution in [3.05, 3.63) is 88.9 Å². The molecule has 0 atom stereocenters. The normalized spacial score (nSPS) is 12.5. The van der Waals surface area contributed by atoms with Crippen molar-refractivity contribution >= 4 is 42.4 Å². The molecule has 0 saturated heterocycles. The van der Waals surface area contributed by atoms with Gasteiger partial charge in [-0.1, -0.05) is 48.0 Å². The molecule has 1 aromatic heterocycles. The van der Waals surface area contributed by atoms with Gasteiger partial charge in [0.2, 0.25) is 0 Å². The fraction of sp³-hybridized carbons (Fsp3) is 0.214. The maximum Gasteiger partial charge on any atom is 0.355 e. The fourth-order valence-electron chi connectivity index (χ4n) is 4.24. The Hall–Kier alpha value is -4.03. The van der Waals surface area contributed by atoms with Gasteiger partial charge in [-0.05, 0) is 44.5 Å². The molecule has 0 amide bonds. The number of aromatic nitrogens is 1. The number of ether oxygens (including phenoxy) is 1. The quantitative estimate of drug-likeness (QED) is 0.166. The molecule has 0 unspecified atom stereocenters. The van der Waals surface area contributed by atoms with Gasteiger partial charge in [-0.15, -0.1) is 0 Å². The van der Waals surface area contributed by atoms with E-state index in [-0.39, 0.29) is 22.8 Å². The lowest BCUT2D eigenvalue weighted by molar-refractivity contribution is 0.0521. The summed E-state index contributed by atoms with van der Waals surface area (Å²) < 4.78 is 69.0. The SMILES string of the molecule is CCOC(=O)c1[nH]c2c(C(C)=NNS(=O)(=O)c3ccc(C)cc3)cccc2c1-c1ccc(CS(C)(=O)=O)c(F)c1. The molecule has 40 heavy (non-hydrogen) atoms. The third-order valence-corrected chi connectivity index (χ3v) is 8.19. The maximum absolute atomic E-state index is 15.0. The van der Waals surface area contributed by atoms with Crippen LogP contribution in [0.4, 0.5) is 4.39 Å². The third kappa shape index (κ3) is 6.23. The summed E-state index contributed by atoms with van der Waals surface area (Å²) in [7, 11) is -7.39. The second-order valence-electron chi connectivity index (χ2n) is 9.30. The molecule has 2 N–H and O–H groups in total. The van der Waals surface area contributed by atoms with E-state index in [9.17, 15) is 26.0 Å². The number of aryl methyl sites for hydroxylation is 1. The molecule has 0 saturated carbocycles. The molecule has 0 bridgehead atoms. The number of carbonyl (C=O) groups excluding carboxylic acids is 1.